The van der Waals surface area contributed by atoms with E-state index in [1.54, 1.807) is 12.1 Å². The van der Waals surface area contributed by atoms with Crippen LogP contribution >= 0.6 is 0 Å². The van der Waals surface area contributed by atoms with Gasteiger partial charge in [-0.2, -0.15) is 0 Å². The summed E-state index contributed by atoms with van der Waals surface area (Å²) in [5.41, 5.74) is 1.65. The fourth-order valence-corrected chi connectivity index (χ4v) is 2.00. The van der Waals surface area contributed by atoms with Crippen molar-refractivity contribution in [1.29, 1.82) is 0 Å². The number of hydrogen-bond donors (Lipinski definition) is 1. The molecule has 0 aliphatic rings. The lowest BCUT2D eigenvalue weighted by Crippen LogP contribution is -2.05. The van der Waals surface area contributed by atoms with Crippen molar-refractivity contribution in [2.75, 3.05) is 6.61 Å². The van der Waals surface area contributed by atoms with Gasteiger partial charge < -0.3 is 9.84 Å². The summed E-state index contributed by atoms with van der Waals surface area (Å²) >= 11 is 0. The van der Waals surface area contributed by atoms with Crippen molar-refractivity contribution in [3.05, 3.63) is 65.5 Å². The highest BCUT2D eigenvalue weighted by molar-refractivity contribution is 5.36. The zero-order chi connectivity index (χ0) is 13.7. The van der Waals surface area contributed by atoms with E-state index in [4.69, 9.17) is 4.74 Å². The van der Waals surface area contributed by atoms with Crippen LogP contribution in [0.25, 0.3) is 0 Å². The van der Waals surface area contributed by atoms with Crippen LogP contribution in [0.2, 0.25) is 0 Å². The zero-order valence-electron chi connectivity index (χ0n) is 10.8. The molecular weight excluding hydrogens is 243 g/mol. The lowest BCUT2D eigenvalue weighted by molar-refractivity contribution is 0.172. The van der Waals surface area contributed by atoms with Crippen LogP contribution in [-0.2, 0) is 6.42 Å². The Hall–Kier alpha value is -1.87. The Labute approximate surface area is 112 Å². The molecule has 1 unspecified atom stereocenters. The maximum absolute atomic E-state index is 12.8. The van der Waals surface area contributed by atoms with Gasteiger partial charge in [0.1, 0.15) is 11.6 Å². The van der Waals surface area contributed by atoms with Crippen LogP contribution in [0.3, 0.4) is 0 Å². The van der Waals surface area contributed by atoms with Gasteiger partial charge in [0.15, 0.2) is 0 Å². The highest BCUT2D eigenvalue weighted by Crippen LogP contribution is 2.27. The molecule has 0 saturated carbocycles. The Morgan fingerprint density at radius 2 is 1.79 bits per heavy atom. The maximum atomic E-state index is 12.8. The van der Waals surface area contributed by atoms with Gasteiger partial charge >= 0.3 is 0 Å². The Morgan fingerprint density at radius 1 is 1.11 bits per heavy atom. The summed E-state index contributed by atoms with van der Waals surface area (Å²) in [6.45, 7) is 2.46. The third kappa shape index (κ3) is 3.55. The number of halogens is 1. The number of aliphatic hydroxyl groups is 1. The largest absolute Gasteiger partial charge is 0.493 e. The first kappa shape index (κ1) is 13.6. The molecule has 0 amide bonds. The Balaban J connectivity index is 2.15. The summed E-state index contributed by atoms with van der Waals surface area (Å²) in [7, 11) is 0. The van der Waals surface area contributed by atoms with Crippen molar-refractivity contribution < 1.29 is 14.2 Å². The van der Waals surface area contributed by atoms with Crippen LogP contribution in [0, 0.1) is 5.82 Å². The third-order valence-corrected chi connectivity index (χ3v) is 2.92. The quantitative estimate of drug-likeness (QED) is 0.891. The summed E-state index contributed by atoms with van der Waals surface area (Å²) in [6.07, 6.45) is -0.224. The van der Waals surface area contributed by atoms with Crippen molar-refractivity contribution in [3.63, 3.8) is 0 Å². The molecule has 19 heavy (non-hydrogen) atoms. The van der Waals surface area contributed by atoms with Crippen molar-refractivity contribution in [1.82, 2.24) is 0 Å². The molecule has 100 valence electrons. The third-order valence-electron chi connectivity index (χ3n) is 2.92. The molecule has 1 N–H and O–H groups in total. The highest BCUT2D eigenvalue weighted by atomic mass is 19.1. The van der Waals surface area contributed by atoms with Gasteiger partial charge in [-0.05, 0) is 30.7 Å². The number of aliphatic hydroxyl groups excluding tert-OH is 1. The number of rotatable bonds is 5. The normalized spacial score (nSPS) is 12.2. The minimum Gasteiger partial charge on any atom is -0.493 e. The minimum absolute atomic E-state index is 0.270. The van der Waals surface area contributed by atoms with Crippen LogP contribution in [-0.4, -0.2) is 11.7 Å². The molecular formula is C16H17FO2. The molecule has 0 bridgehead atoms. The van der Waals surface area contributed by atoms with Crippen LogP contribution in [0.15, 0.2) is 48.5 Å². The van der Waals surface area contributed by atoms with E-state index in [1.165, 1.54) is 12.1 Å². The van der Waals surface area contributed by atoms with Crippen molar-refractivity contribution in [2.45, 2.75) is 19.4 Å². The monoisotopic (exact) mass is 260 g/mol. The van der Waals surface area contributed by atoms with Crippen molar-refractivity contribution in [2.24, 2.45) is 0 Å². The standard InChI is InChI=1S/C16H17FO2/c1-2-19-16-6-4-3-5-14(16)15(18)11-12-7-9-13(17)10-8-12/h3-10,15,18H,2,11H2,1H3. The van der Waals surface area contributed by atoms with Crippen LogP contribution < -0.4 is 4.74 Å². The average Bonchev–Trinajstić information content (AvgIpc) is 2.42. The molecule has 0 spiro atoms. The van der Waals surface area contributed by atoms with Gasteiger partial charge in [-0.15, -0.1) is 0 Å². The predicted octanol–water partition coefficient (Wildman–Crippen LogP) is 3.50. The molecule has 0 saturated heterocycles. The zero-order valence-corrected chi connectivity index (χ0v) is 10.8. The van der Waals surface area contributed by atoms with Crippen LogP contribution in [0.5, 0.6) is 5.75 Å². The fourth-order valence-electron chi connectivity index (χ4n) is 2.00. The summed E-state index contributed by atoms with van der Waals surface area (Å²) in [5.74, 6) is 0.424. The molecule has 2 aromatic carbocycles. The molecule has 0 radical (unpaired) electrons. The Kier molecular flexibility index (Phi) is 4.53. The van der Waals surface area contributed by atoms with E-state index in [-0.39, 0.29) is 5.82 Å². The van der Waals surface area contributed by atoms with Crippen molar-refractivity contribution in [3.8, 4) is 5.75 Å². The topological polar surface area (TPSA) is 29.5 Å². The molecule has 0 aromatic heterocycles. The van der Waals surface area contributed by atoms with E-state index >= 15 is 0 Å². The summed E-state index contributed by atoms with van der Waals surface area (Å²) < 4.78 is 18.3. The molecule has 2 rings (SSSR count). The second kappa shape index (κ2) is 6.34. The van der Waals surface area contributed by atoms with Gasteiger partial charge in [-0.25, -0.2) is 4.39 Å². The fraction of sp³-hybridized carbons (Fsp3) is 0.250. The first-order valence-corrected chi connectivity index (χ1v) is 6.35. The SMILES string of the molecule is CCOc1ccccc1C(O)Cc1ccc(F)cc1. The molecule has 2 nitrogen and oxygen atoms in total. The van der Waals surface area contributed by atoms with Gasteiger partial charge in [0.2, 0.25) is 0 Å². The van der Waals surface area contributed by atoms with Gasteiger partial charge in [0.25, 0.3) is 0 Å². The van der Waals surface area contributed by atoms with Crippen LogP contribution in [0.1, 0.15) is 24.2 Å². The van der Waals surface area contributed by atoms with Gasteiger partial charge in [0, 0.05) is 12.0 Å². The number of ether oxygens (including phenoxy) is 1. The van der Waals surface area contributed by atoms with E-state index in [1.807, 2.05) is 31.2 Å². The molecule has 0 aliphatic carbocycles. The molecule has 0 aliphatic heterocycles. The first-order chi connectivity index (χ1) is 9.20. The van der Waals surface area contributed by atoms with Gasteiger partial charge in [-0.1, -0.05) is 30.3 Å². The summed E-state index contributed by atoms with van der Waals surface area (Å²) in [5, 5.41) is 10.3. The maximum Gasteiger partial charge on any atom is 0.125 e. The van der Waals surface area contributed by atoms with Gasteiger partial charge in [-0.3, -0.25) is 0 Å². The van der Waals surface area contributed by atoms with E-state index in [0.29, 0.717) is 18.8 Å². The lowest BCUT2D eigenvalue weighted by Gasteiger charge is -2.15. The summed E-state index contributed by atoms with van der Waals surface area (Å²) in [6, 6.07) is 13.6. The minimum atomic E-state index is -0.659. The lowest BCUT2D eigenvalue weighted by atomic mass is 10.0. The van der Waals surface area contributed by atoms with Crippen molar-refractivity contribution >= 4 is 0 Å². The number of para-hydroxylation sites is 1. The second-order valence-electron chi connectivity index (χ2n) is 4.32. The predicted molar refractivity (Wildman–Crippen MR) is 72.7 cm³/mol. The molecule has 3 heteroatoms. The van der Waals surface area contributed by atoms with E-state index in [2.05, 4.69) is 0 Å². The first-order valence-electron chi connectivity index (χ1n) is 6.35. The summed E-state index contributed by atoms with van der Waals surface area (Å²) in [4.78, 5) is 0. The van der Waals surface area contributed by atoms with E-state index < -0.39 is 6.10 Å². The van der Waals surface area contributed by atoms with E-state index in [0.717, 1.165) is 11.1 Å². The second-order valence-corrected chi connectivity index (χ2v) is 4.32. The smallest absolute Gasteiger partial charge is 0.125 e. The molecule has 0 fully saturated rings. The molecule has 2 aromatic rings. The average molecular weight is 260 g/mol. The number of hydrogen-bond acceptors (Lipinski definition) is 2. The Bertz CT molecular complexity index is 523. The molecule has 0 heterocycles. The van der Waals surface area contributed by atoms with E-state index in [9.17, 15) is 9.50 Å². The van der Waals surface area contributed by atoms with Gasteiger partial charge in [0.05, 0.1) is 12.7 Å². The number of benzene rings is 2. The molecule has 1 atom stereocenters. The highest BCUT2D eigenvalue weighted by Gasteiger charge is 2.13. The van der Waals surface area contributed by atoms with Crippen LogP contribution in [0.4, 0.5) is 4.39 Å². The Morgan fingerprint density at radius 3 is 2.47 bits per heavy atom.